The maximum absolute atomic E-state index is 12.6. The number of benzene rings is 2. The lowest BCUT2D eigenvalue weighted by atomic mass is 10.1. The van der Waals surface area contributed by atoms with Crippen molar-refractivity contribution in [1.82, 2.24) is 4.57 Å². The topological polar surface area (TPSA) is 69.9 Å². The summed E-state index contributed by atoms with van der Waals surface area (Å²) < 4.78 is 13.1. The zero-order chi connectivity index (χ0) is 21.5. The van der Waals surface area contributed by atoms with E-state index in [-0.39, 0.29) is 18.3 Å². The van der Waals surface area contributed by atoms with Crippen LogP contribution in [0.2, 0.25) is 0 Å². The number of ether oxygens (including phenoxy) is 2. The van der Waals surface area contributed by atoms with E-state index in [1.165, 1.54) is 16.9 Å². The van der Waals surface area contributed by atoms with Crippen molar-refractivity contribution in [1.29, 1.82) is 0 Å². The third-order valence-corrected chi connectivity index (χ3v) is 5.76. The summed E-state index contributed by atoms with van der Waals surface area (Å²) in [6.45, 7) is 5.25. The van der Waals surface area contributed by atoms with Crippen LogP contribution in [0.25, 0.3) is 10.2 Å². The highest BCUT2D eigenvalue weighted by atomic mass is 32.1. The van der Waals surface area contributed by atoms with Crippen LogP contribution < -0.4 is 4.80 Å². The van der Waals surface area contributed by atoms with Gasteiger partial charge in [-0.2, -0.15) is 4.99 Å². The molecular weight excluding hydrogens is 400 g/mol. The number of hydrogen-bond donors (Lipinski definition) is 0. The molecular formula is C23H26N2O4S. The van der Waals surface area contributed by atoms with Gasteiger partial charge in [0.2, 0.25) is 0 Å². The van der Waals surface area contributed by atoms with Crippen LogP contribution in [-0.2, 0) is 33.7 Å². The van der Waals surface area contributed by atoms with E-state index in [2.05, 4.69) is 11.9 Å². The first-order chi connectivity index (χ1) is 14.5. The molecule has 30 heavy (non-hydrogen) atoms. The molecule has 0 aliphatic heterocycles. The van der Waals surface area contributed by atoms with Crippen LogP contribution in [0.15, 0.2) is 47.5 Å². The molecule has 0 unspecified atom stereocenters. The van der Waals surface area contributed by atoms with E-state index >= 15 is 0 Å². The molecule has 0 spiro atoms. The number of methoxy groups -OCH3 is 1. The Balaban J connectivity index is 1.94. The van der Waals surface area contributed by atoms with Gasteiger partial charge in [-0.05, 0) is 42.7 Å². The van der Waals surface area contributed by atoms with Crippen molar-refractivity contribution < 1.29 is 19.1 Å². The van der Waals surface area contributed by atoms with Gasteiger partial charge in [0, 0.05) is 13.7 Å². The summed E-state index contributed by atoms with van der Waals surface area (Å²) in [5.41, 5.74) is 3.57. The van der Waals surface area contributed by atoms with Gasteiger partial charge in [-0.3, -0.25) is 4.79 Å². The first-order valence-corrected chi connectivity index (χ1v) is 10.8. The van der Waals surface area contributed by atoms with Crippen LogP contribution in [0.3, 0.4) is 0 Å². The Morgan fingerprint density at radius 2 is 1.80 bits per heavy atom. The third kappa shape index (κ3) is 5.23. The van der Waals surface area contributed by atoms with E-state index in [1.54, 1.807) is 26.2 Å². The van der Waals surface area contributed by atoms with Crippen molar-refractivity contribution in [2.75, 3.05) is 20.3 Å². The van der Waals surface area contributed by atoms with Crippen molar-refractivity contribution in [3.05, 3.63) is 64.0 Å². The molecule has 1 aromatic heterocycles. The van der Waals surface area contributed by atoms with Crippen LogP contribution in [0, 0.1) is 0 Å². The van der Waals surface area contributed by atoms with Crippen LogP contribution in [0.1, 0.15) is 35.3 Å². The second-order valence-electron chi connectivity index (χ2n) is 6.78. The summed E-state index contributed by atoms with van der Waals surface area (Å²) in [6, 6.07) is 13.4. The normalized spacial score (nSPS) is 11.8. The highest BCUT2D eigenvalue weighted by Crippen LogP contribution is 2.20. The first kappa shape index (κ1) is 21.9. The lowest BCUT2D eigenvalue weighted by Crippen LogP contribution is -2.19. The van der Waals surface area contributed by atoms with E-state index in [1.807, 2.05) is 34.9 Å². The molecule has 7 heteroatoms. The molecule has 0 fully saturated rings. The number of fused-ring (bicyclic) bond motifs is 1. The van der Waals surface area contributed by atoms with Crippen molar-refractivity contribution in [2.24, 2.45) is 4.99 Å². The second kappa shape index (κ2) is 10.3. The molecule has 2 aromatic carbocycles. The molecule has 1 amide bonds. The molecule has 3 aromatic rings. The van der Waals surface area contributed by atoms with Crippen molar-refractivity contribution in [3.63, 3.8) is 0 Å². The number of hydrogen-bond acceptors (Lipinski definition) is 5. The van der Waals surface area contributed by atoms with E-state index < -0.39 is 0 Å². The molecule has 0 bridgehead atoms. The highest BCUT2D eigenvalue weighted by molar-refractivity contribution is 7.16. The minimum Gasteiger partial charge on any atom is -0.462 e. The lowest BCUT2D eigenvalue weighted by molar-refractivity contribution is -0.117. The molecule has 0 radical (unpaired) electrons. The molecule has 1 heterocycles. The quantitative estimate of drug-likeness (QED) is 0.514. The van der Waals surface area contributed by atoms with Gasteiger partial charge in [-0.1, -0.05) is 42.5 Å². The fourth-order valence-corrected chi connectivity index (χ4v) is 4.22. The summed E-state index contributed by atoms with van der Waals surface area (Å²) in [5, 5.41) is 0. The Morgan fingerprint density at radius 3 is 2.47 bits per heavy atom. The van der Waals surface area contributed by atoms with E-state index in [0.717, 1.165) is 22.2 Å². The molecule has 0 aliphatic rings. The Hall–Kier alpha value is -2.77. The maximum Gasteiger partial charge on any atom is 0.338 e. The number of aryl methyl sites for hydroxylation is 1. The van der Waals surface area contributed by atoms with Crippen LogP contribution >= 0.6 is 11.3 Å². The van der Waals surface area contributed by atoms with Crippen LogP contribution in [0.5, 0.6) is 0 Å². The Bertz CT molecular complexity index is 1100. The molecule has 158 valence electrons. The van der Waals surface area contributed by atoms with E-state index in [0.29, 0.717) is 30.1 Å². The summed E-state index contributed by atoms with van der Waals surface area (Å²) >= 11 is 1.38. The summed E-state index contributed by atoms with van der Waals surface area (Å²) in [4.78, 5) is 29.6. The molecule has 6 nitrogen and oxygen atoms in total. The number of rotatable bonds is 8. The number of amides is 1. The minimum atomic E-state index is -0.360. The van der Waals surface area contributed by atoms with Crippen molar-refractivity contribution >= 4 is 33.4 Å². The number of aromatic nitrogens is 1. The predicted molar refractivity (Wildman–Crippen MR) is 118 cm³/mol. The molecule has 0 aliphatic carbocycles. The van der Waals surface area contributed by atoms with Crippen molar-refractivity contribution in [3.8, 4) is 0 Å². The molecule has 0 atom stereocenters. The molecule has 0 saturated heterocycles. The summed E-state index contributed by atoms with van der Waals surface area (Å²) in [6.07, 6.45) is 1.21. The second-order valence-corrected chi connectivity index (χ2v) is 7.79. The Morgan fingerprint density at radius 1 is 1.07 bits per heavy atom. The zero-order valence-corrected chi connectivity index (χ0v) is 18.3. The maximum atomic E-state index is 12.6. The molecule has 0 saturated carbocycles. The molecule has 3 rings (SSSR count). The summed E-state index contributed by atoms with van der Waals surface area (Å²) in [5.74, 6) is -0.566. The van der Waals surface area contributed by atoms with Gasteiger partial charge in [-0.25, -0.2) is 4.79 Å². The van der Waals surface area contributed by atoms with Crippen molar-refractivity contribution in [2.45, 2.75) is 33.2 Å². The lowest BCUT2D eigenvalue weighted by Gasteiger charge is -2.05. The smallest absolute Gasteiger partial charge is 0.338 e. The van der Waals surface area contributed by atoms with E-state index in [9.17, 15) is 9.59 Å². The summed E-state index contributed by atoms with van der Waals surface area (Å²) in [7, 11) is 1.63. The average Bonchev–Trinajstić information content (AvgIpc) is 3.08. The van der Waals surface area contributed by atoms with Crippen LogP contribution in [0.4, 0.5) is 0 Å². The monoisotopic (exact) mass is 426 g/mol. The largest absolute Gasteiger partial charge is 0.462 e. The fraction of sp³-hybridized carbons (Fsp3) is 0.348. The van der Waals surface area contributed by atoms with Gasteiger partial charge in [0.1, 0.15) is 0 Å². The number of esters is 1. The fourth-order valence-electron chi connectivity index (χ4n) is 3.11. The van der Waals surface area contributed by atoms with Gasteiger partial charge in [-0.15, -0.1) is 0 Å². The van der Waals surface area contributed by atoms with Gasteiger partial charge in [0.15, 0.2) is 4.80 Å². The number of carbonyl (C=O) groups excluding carboxylic acids is 2. The van der Waals surface area contributed by atoms with Gasteiger partial charge >= 0.3 is 5.97 Å². The SMILES string of the molecule is CCOC(=O)c1ccc2c(c1)sc(=NC(=O)Cc1ccc(CC)cc1)n2CCOC. The predicted octanol–water partition coefficient (Wildman–Crippen LogP) is 3.76. The minimum absolute atomic E-state index is 0.206. The van der Waals surface area contributed by atoms with Crippen LogP contribution in [-0.4, -0.2) is 36.8 Å². The Labute approximate surface area is 179 Å². The number of thiazole rings is 1. The van der Waals surface area contributed by atoms with E-state index in [4.69, 9.17) is 9.47 Å². The number of carbonyl (C=O) groups is 2. The van der Waals surface area contributed by atoms with Gasteiger partial charge < -0.3 is 14.0 Å². The molecule has 0 N–H and O–H groups in total. The first-order valence-electron chi connectivity index (χ1n) is 10.0. The number of nitrogens with zero attached hydrogens (tertiary/aromatic N) is 2. The van der Waals surface area contributed by atoms with Gasteiger partial charge in [0.05, 0.1) is 35.4 Å². The van der Waals surface area contributed by atoms with Gasteiger partial charge in [0.25, 0.3) is 5.91 Å². The zero-order valence-electron chi connectivity index (χ0n) is 17.5. The highest BCUT2D eigenvalue weighted by Gasteiger charge is 2.13. The Kier molecular flexibility index (Phi) is 7.54. The third-order valence-electron chi connectivity index (χ3n) is 4.72. The standard InChI is InChI=1S/C23H26N2O4S/c1-4-16-6-8-17(9-7-16)14-21(26)24-23-25(12-13-28-3)19-11-10-18(15-20(19)30-23)22(27)29-5-2/h6-11,15H,4-5,12-14H2,1-3H3. The average molecular weight is 427 g/mol.